The molecule has 2 rings (SSSR count). The van der Waals surface area contributed by atoms with Crippen molar-refractivity contribution in [2.75, 3.05) is 6.54 Å². The van der Waals surface area contributed by atoms with Crippen LogP contribution in [-0.2, 0) is 11.3 Å². The summed E-state index contributed by atoms with van der Waals surface area (Å²) < 4.78 is 0. The topological polar surface area (TPSA) is 74.2 Å². The van der Waals surface area contributed by atoms with E-state index in [4.69, 9.17) is 0 Å². The van der Waals surface area contributed by atoms with Gasteiger partial charge in [0, 0.05) is 17.8 Å². The lowest BCUT2D eigenvalue weighted by Crippen LogP contribution is -2.40. The SMILES string of the molecule is CC(C)c1nc(CNC(=O)C2CC(O)CN2)cs1. The van der Waals surface area contributed by atoms with E-state index >= 15 is 0 Å². The van der Waals surface area contributed by atoms with Gasteiger partial charge in [0.1, 0.15) is 0 Å². The Kier molecular flexibility index (Phi) is 4.31. The Labute approximate surface area is 111 Å². The number of amides is 1. The number of aliphatic hydroxyl groups excluding tert-OH is 1. The Morgan fingerprint density at radius 2 is 2.50 bits per heavy atom. The number of aromatic nitrogens is 1. The van der Waals surface area contributed by atoms with Crippen LogP contribution in [-0.4, -0.2) is 34.7 Å². The highest BCUT2D eigenvalue weighted by Crippen LogP contribution is 2.19. The highest BCUT2D eigenvalue weighted by molar-refractivity contribution is 7.09. The molecule has 1 aromatic rings. The lowest BCUT2D eigenvalue weighted by molar-refractivity contribution is -0.123. The molecule has 2 heterocycles. The predicted molar refractivity (Wildman–Crippen MR) is 70.5 cm³/mol. The third-order valence-electron chi connectivity index (χ3n) is 2.93. The van der Waals surface area contributed by atoms with Crippen molar-refractivity contribution in [1.29, 1.82) is 0 Å². The molecule has 3 N–H and O–H groups in total. The molecular weight excluding hydrogens is 250 g/mol. The lowest BCUT2D eigenvalue weighted by Gasteiger charge is -2.09. The molecule has 5 nitrogen and oxygen atoms in total. The molecule has 1 aliphatic rings. The Balaban J connectivity index is 1.81. The van der Waals surface area contributed by atoms with E-state index in [0.717, 1.165) is 10.7 Å². The number of nitrogens with zero attached hydrogens (tertiary/aromatic N) is 1. The van der Waals surface area contributed by atoms with E-state index in [-0.39, 0.29) is 11.9 Å². The Hall–Kier alpha value is -0.980. The first kappa shape index (κ1) is 13.5. The average molecular weight is 269 g/mol. The van der Waals surface area contributed by atoms with Crippen LogP contribution in [0.25, 0.3) is 0 Å². The van der Waals surface area contributed by atoms with Gasteiger partial charge in [0.25, 0.3) is 0 Å². The quantitative estimate of drug-likeness (QED) is 0.748. The molecule has 1 amide bonds. The summed E-state index contributed by atoms with van der Waals surface area (Å²) in [6.07, 6.45) is 0.0766. The summed E-state index contributed by atoms with van der Waals surface area (Å²) in [6, 6.07) is -0.275. The molecule has 18 heavy (non-hydrogen) atoms. The minimum Gasteiger partial charge on any atom is -0.392 e. The van der Waals surface area contributed by atoms with Gasteiger partial charge in [-0.1, -0.05) is 13.8 Å². The van der Waals surface area contributed by atoms with Crippen molar-refractivity contribution in [3.8, 4) is 0 Å². The third-order valence-corrected chi connectivity index (χ3v) is 4.13. The van der Waals surface area contributed by atoms with Crippen molar-refractivity contribution in [3.05, 3.63) is 16.1 Å². The highest BCUT2D eigenvalue weighted by atomic mass is 32.1. The van der Waals surface area contributed by atoms with E-state index in [2.05, 4.69) is 29.5 Å². The second-order valence-corrected chi connectivity index (χ2v) is 5.79. The fourth-order valence-corrected chi connectivity index (χ4v) is 2.72. The first-order chi connectivity index (χ1) is 8.56. The molecule has 1 fully saturated rings. The molecule has 100 valence electrons. The molecule has 2 unspecified atom stereocenters. The summed E-state index contributed by atoms with van der Waals surface area (Å²) in [5.41, 5.74) is 0.899. The highest BCUT2D eigenvalue weighted by Gasteiger charge is 2.27. The van der Waals surface area contributed by atoms with Crippen LogP contribution in [0.15, 0.2) is 5.38 Å². The van der Waals surface area contributed by atoms with Crippen LogP contribution >= 0.6 is 11.3 Å². The maximum atomic E-state index is 11.8. The van der Waals surface area contributed by atoms with E-state index in [1.54, 1.807) is 11.3 Å². The second kappa shape index (κ2) is 5.77. The predicted octanol–water partition coefficient (Wildman–Crippen LogP) is 0.605. The zero-order valence-electron chi connectivity index (χ0n) is 10.6. The number of rotatable bonds is 4. The van der Waals surface area contributed by atoms with Crippen LogP contribution in [0.4, 0.5) is 0 Å². The van der Waals surface area contributed by atoms with E-state index in [1.807, 2.05) is 5.38 Å². The fourth-order valence-electron chi connectivity index (χ4n) is 1.89. The van der Waals surface area contributed by atoms with Gasteiger partial charge in [-0.05, 0) is 6.42 Å². The molecule has 0 aliphatic carbocycles. The van der Waals surface area contributed by atoms with Crippen molar-refractivity contribution in [2.45, 2.75) is 44.9 Å². The molecule has 0 spiro atoms. The Morgan fingerprint density at radius 1 is 1.72 bits per heavy atom. The number of aliphatic hydroxyl groups is 1. The molecule has 1 aromatic heterocycles. The normalized spacial score (nSPS) is 23.6. The van der Waals surface area contributed by atoms with Gasteiger partial charge in [-0.2, -0.15) is 0 Å². The molecule has 1 saturated heterocycles. The number of thiazole rings is 1. The molecule has 0 bridgehead atoms. The largest absolute Gasteiger partial charge is 0.392 e. The summed E-state index contributed by atoms with van der Waals surface area (Å²) in [7, 11) is 0. The Bertz CT molecular complexity index is 419. The number of carbonyl (C=O) groups is 1. The van der Waals surface area contributed by atoms with Gasteiger partial charge in [0.2, 0.25) is 5.91 Å². The van der Waals surface area contributed by atoms with Crippen LogP contribution < -0.4 is 10.6 Å². The van der Waals surface area contributed by atoms with E-state index in [1.165, 1.54) is 0 Å². The minimum atomic E-state index is -0.410. The minimum absolute atomic E-state index is 0.0642. The zero-order valence-corrected chi connectivity index (χ0v) is 11.5. The van der Waals surface area contributed by atoms with Crippen LogP contribution in [0.5, 0.6) is 0 Å². The summed E-state index contributed by atoms with van der Waals surface area (Å²) in [5.74, 6) is 0.358. The van der Waals surface area contributed by atoms with E-state index < -0.39 is 6.10 Å². The van der Waals surface area contributed by atoms with E-state index in [9.17, 15) is 9.90 Å². The molecule has 0 radical (unpaired) electrons. The standard InChI is InChI=1S/C12H19N3O2S/c1-7(2)12-15-8(6-18-12)4-14-11(17)10-3-9(16)5-13-10/h6-7,9-10,13,16H,3-5H2,1-2H3,(H,14,17). The van der Waals surface area contributed by atoms with E-state index in [0.29, 0.717) is 25.4 Å². The maximum Gasteiger partial charge on any atom is 0.237 e. The van der Waals surface area contributed by atoms with Gasteiger partial charge in [0.05, 0.1) is 29.4 Å². The summed E-state index contributed by atoms with van der Waals surface area (Å²) in [5, 5.41) is 18.2. The van der Waals surface area contributed by atoms with Crippen LogP contribution in [0.1, 0.15) is 36.9 Å². The van der Waals surface area contributed by atoms with Gasteiger partial charge >= 0.3 is 0 Å². The summed E-state index contributed by atoms with van der Waals surface area (Å²) in [6.45, 7) is 5.15. The zero-order chi connectivity index (χ0) is 13.1. The van der Waals surface area contributed by atoms with Gasteiger partial charge in [0.15, 0.2) is 0 Å². The van der Waals surface area contributed by atoms with Crippen molar-refractivity contribution in [2.24, 2.45) is 0 Å². The summed E-state index contributed by atoms with van der Waals surface area (Å²) >= 11 is 1.62. The number of carbonyl (C=O) groups excluding carboxylic acids is 1. The van der Waals surface area contributed by atoms with Gasteiger partial charge in [-0.25, -0.2) is 4.98 Å². The first-order valence-electron chi connectivity index (χ1n) is 6.19. The molecule has 0 saturated carbocycles. The maximum absolute atomic E-state index is 11.8. The van der Waals surface area contributed by atoms with Crippen LogP contribution in [0.2, 0.25) is 0 Å². The van der Waals surface area contributed by atoms with Crippen molar-refractivity contribution in [3.63, 3.8) is 0 Å². The van der Waals surface area contributed by atoms with Crippen LogP contribution in [0, 0.1) is 0 Å². The number of hydrogen-bond donors (Lipinski definition) is 3. The smallest absolute Gasteiger partial charge is 0.237 e. The molecule has 2 atom stereocenters. The van der Waals surface area contributed by atoms with Crippen molar-refractivity contribution < 1.29 is 9.90 Å². The lowest BCUT2D eigenvalue weighted by atomic mass is 10.2. The molecule has 0 aromatic carbocycles. The fraction of sp³-hybridized carbons (Fsp3) is 0.667. The van der Waals surface area contributed by atoms with Gasteiger partial charge in [-0.3, -0.25) is 4.79 Å². The van der Waals surface area contributed by atoms with Crippen molar-refractivity contribution in [1.82, 2.24) is 15.6 Å². The van der Waals surface area contributed by atoms with Gasteiger partial charge in [-0.15, -0.1) is 11.3 Å². The third kappa shape index (κ3) is 3.28. The number of hydrogen-bond acceptors (Lipinski definition) is 5. The molecular formula is C12H19N3O2S. The number of β-amino-alcohol motifs (C(OH)–C–C–N with tert-alkyl or cyclic N) is 1. The average Bonchev–Trinajstić information content (AvgIpc) is 2.94. The number of nitrogens with one attached hydrogen (secondary N) is 2. The second-order valence-electron chi connectivity index (χ2n) is 4.90. The summed E-state index contributed by atoms with van der Waals surface area (Å²) in [4.78, 5) is 16.3. The Morgan fingerprint density at radius 3 is 3.06 bits per heavy atom. The van der Waals surface area contributed by atoms with Crippen molar-refractivity contribution >= 4 is 17.2 Å². The molecule has 1 aliphatic heterocycles. The first-order valence-corrected chi connectivity index (χ1v) is 7.07. The molecule has 6 heteroatoms. The monoisotopic (exact) mass is 269 g/mol. The van der Waals surface area contributed by atoms with Crippen LogP contribution in [0.3, 0.4) is 0 Å². The van der Waals surface area contributed by atoms with Gasteiger partial charge < -0.3 is 15.7 Å².